The van der Waals surface area contributed by atoms with Gasteiger partial charge in [0.25, 0.3) is 5.91 Å². The summed E-state index contributed by atoms with van der Waals surface area (Å²) in [4.78, 5) is 35.4. The van der Waals surface area contributed by atoms with E-state index in [1.165, 1.54) is 37.4 Å². The van der Waals surface area contributed by atoms with Crippen LogP contribution in [0.3, 0.4) is 0 Å². The van der Waals surface area contributed by atoms with E-state index in [1.807, 2.05) is 0 Å². The predicted octanol–water partition coefficient (Wildman–Crippen LogP) is 1.73. The van der Waals surface area contributed by atoms with Crippen molar-refractivity contribution in [2.45, 2.75) is 0 Å². The molecule has 1 amide bonds. The van der Waals surface area contributed by atoms with Gasteiger partial charge in [0, 0.05) is 5.56 Å². The van der Waals surface area contributed by atoms with E-state index in [0.717, 1.165) is 4.57 Å². The van der Waals surface area contributed by atoms with Crippen LogP contribution in [0.5, 0.6) is 11.5 Å². The molecule has 0 saturated carbocycles. The molecule has 146 valence electrons. The lowest BCUT2D eigenvalue weighted by Gasteiger charge is -2.08. The molecule has 4 N–H and O–H groups in total. The molecule has 2 aromatic heterocycles. The van der Waals surface area contributed by atoms with Gasteiger partial charge in [0.05, 0.1) is 12.8 Å². The summed E-state index contributed by atoms with van der Waals surface area (Å²) in [7, 11) is 1.40. The van der Waals surface area contributed by atoms with Gasteiger partial charge in [0.2, 0.25) is 0 Å². The third-order valence-electron chi connectivity index (χ3n) is 4.30. The number of nitrogens with two attached hydrogens (primary N) is 1. The van der Waals surface area contributed by atoms with Crippen LogP contribution in [0.25, 0.3) is 28.2 Å². The maximum absolute atomic E-state index is 14.3. The number of amides is 1. The number of carbonyl (C=O) groups excluding carboxylic acids is 1. The summed E-state index contributed by atoms with van der Waals surface area (Å²) in [6, 6.07) is 10.0. The summed E-state index contributed by atoms with van der Waals surface area (Å²) >= 11 is 0. The number of nitrogens with zero attached hydrogens (tertiary/aromatic N) is 3. The Hall–Kier alpha value is -4.21. The highest BCUT2D eigenvalue weighted by atomic mass is 19.1. The first kappa shape index (κ1) is 18.2. The number of ether oxygens (including phenoxy) is 1. The molecule has 4 rings (SSSR count). The van der Waals surface area contributed by atoms with Gasteiger partial charge in [-0.25, -0.2) is 23.7 Å². The summed E-state index contributed by atoms with van der Waals surface area (Å²) in [5.74, 6) is -1.49. The van der Waals surface area contributed by atoms with Crippen molar-refractivity contribution in [1.29, 1.82) is 0 Å². The van der Waals surface area contributed by atoms with Gasteiger partial charge in [-0.1, -0.05) is 12.1 Å². The van der Waals surface area contributed by atoms with Gasteiger partial charge < -0.3 is 20.6 Å². The number of hydrogen-bond donors (Lipinski definition) is 3. The van der Waals surface area contributed by atoms with Crippen molar-refractivity contribution >= 4 is 17.1 Å². The van der Waals surface area contributed by atoms with Crippen molar-refractivity contribution in [2.24, 2.45) is 5.73 Å². The standard InChI is InChI=1S/C19H14FN5O4/c1-29-13-7-6-9(8-12(13)26)17-22-14(16(21)27)15-18(24-17)25(19(28)23-15)11-5-3-2-4-10(11)20/h2-8,26H,1H3,(H2,21,27)(H,23,28). The SMILES string of the molecule is COc1ccc(-c2nc(C(N)=O)c3[nH]c(=O)n(-c4ccccc4F)c3n2)cc1O. The Morgan fingerprint density at radius 2 is 2.00 bits per heavy atom. The maximum atomic E-state index is 14.3. The molecule has 0 aliphatic rings. The summed E-state index contributed by atoms with van der Waals surface area (Å²) in [6.07, 6.45) is 0. The highest BCUT2D eigenvalue weighted by Gasteiger charge is 2.21. The van der Waals surface area contributed by atoms with Gasteiger partial charge in [-0.3, -0.25) is 4.79 Å². The zero-order chi connectivity index (χ0) is 20.7. The molecular formula is C19H14FN5O4. The van der Waals surface area contributed by atoms with Gasteiger partial charge >= 0.3 is 5.69 Å². The summed E-state index contributed by atoms with van der Waals surface area (Å²) < 4.78 is 20.3. The van der Waals surface area contributed by atoms with Gasteiger partial charge in [0.15, 0.2) is 28.7 Å². The van der Waals surface area contributed by atoms with Crippen LogP contribution < -0.4 is 16.2 Å². The number of nitrogens with one attached hydrogen (secondary N) is 1. The van der Waals surface area contributed by atoms with E-state index >= 15 is 0 Å². The van der Waals surface area contributed by atoms with E-state index in [9.17, 15) is 19.1 Å². The van der Waals surface area contributed by atoms with Gasteiger partial charge in [-0.2, -0.15) is 0 Å². The number of hydrogen-bond acceptors (Lipinski definition) is 6. The Kier molecular flexibility index (Phi) is 4.23. The molecular weight excluding hydrogens is 381 g/mol. The second kappa shape index (κ2) is 6.75. The Labute approximate surface area is 162 Å². The molecule has 2 aromatic carbocycles. The average molecular weight is 395 g/mol. The smallest absolute Gasteiger partial charge is 0.332 e. The molecule has 0 bridgehead atoms. The Morgan fingerprint density at radius 1 is 1.24 bits per heavy atom. The molecule has 0 spiro atoms. The van der Waals surface area contributed by atoms with Crippen molar-refractivity contribution in [1.82, 2.24) is 19.5 Å². The van der Waals surface area contributed by atoms with Crippen LogP contribution in [0, 0.1) is 5.82 Å². The van der Waals surface area contributed by atoms with E-state index < -0.39 is 17.4 Å². The predicted molar refractivity (Wildman–Crippen MR) is 102 cm³/mol. The van der Waals surface area contributed by atoms with Crippen molar-refractivity contribution in [3.05, 3.63) is 64.5 Å². The minimum Gasteiger partial charge on any atom is -0.504 e. The van der Waals surface area contributed by atoms with Gasteiger partial charge in [-0.15, -0.1) is 0 Å². The molecule has 9 nitrogen and oxygen atoms in total. The zero-order valence-electron chi connectivity index (χ0n) is 15.0. The van der Waals surface area contributed by atoms with Gasteiger partial charge in [0.1, 0.15) is 11.3 Å². The van der Waals surface area contributed by atoms with Gasteiger partial charge in [-0.05, 0) is 30.3 Å². The van der Waals surface area contributed by atoms with Crippen LogP contribution in [-0.2, 0) is 0 Å². The highest BCUT2D eigenvalue weighted by molar-refractivity contribution is 6.02. The molecule has 4 aromatic rings. The number of aromatic hydroxyl groups is 1. The van der Waals surface area contributed by atoms with Crippen molar-refractivity contribution in [3.63, 3.8) is 0 Å². The normalized spacial score (nSPS) is 11.0. The van der Waals surface area contributed by atoms with Crippen LogP contribution >= 0.6 is 0 Å². The van der Waals surface area contributed by atoms with Crippen molar-refractivity contribution in [2.75, 3.05) is 7.11 Å². The zero-order valence-corrected chi connectivity index (χ0v) is 15.0. The number of rotatable bonds is 4. The Bertz CT molecular complexity index is 1330. The summed E-state index contributed by atoms with van der Waals surface area (Å²) in [5, 5.41) is 10.0. The Balaban J connectivity index is 2.05. The first-order valence-electron chi connectivity index (χ1n) is 8.35. The van der Waals surface area contributed by atoms with E-state index in [4.69, 9.17) is 10.5 Å². The number of aromatic nitrogens is 4. The number of para-hydroxylation sites is 1. The quantitative estimate of drug-likeness (QED) is 0.481. The number of halogens is 1. The fraction of sp³-hybridized carbons (Fsp3) is 0.0526. The third-order valence-corrected chi connectivity index (χ3v) is 4.30. The maximum Gasteiger partial charge on any atom is 0.332 e. The number of carbonyl (C=O) groups is 1. The molecule has 2 heterocycles. The van der Waals surface area contributed by atoms with E-state index in [1.54, 1.807) is 12.1 Å². The summed E-state index contributed by atoms with van der Waals surface area (Å²) in [5.41, 5.74) is 4.70. The number of imidazole rings is 1. The monoisotopic (exact) mass is 395 g/mol. The van der Waals surface area contributed by atoms with E-state index in [-0.39, 0.29) is 39.9 Å². The largest absolute Gasteiger partial charge is 0.504 e. The molecule has 0 unspecified atom stereocenters. The molecule has 29 heavy (non-hydrogen) atoms. The van der Waals surface area contributed by atoms with Crippen molar-refractivity contribution < 1.29 is 19.0 Å². The minimum absolute atomic E-state index is 0.00772. The topological polar surface area (TPSA) is 136 Å². The molecule has 0 saturated heterocycles. The molecule has 0 radical (unpaired) electrons. The van der Waals surface area contributed by atoms with E-state index in [0.29, 0.717) is 5.56 Å². The van der Waals surface area contributed by atoms with Crippen LogP contribution in [0.1, 0.15) is 10.5 Å². The number of primary amides is 1. The molecule has 0 aliphatic heterocycles. The number of methoxy groups -OCH3 is 1. The number of H-pyrrole nitrogens is 1. The third kappa shape index (κ3) is 2.96. The molecule has 0 fully saturated rings. The van der Waals surface area contributed by atoms with E-state index in [2.05, 4.69) is 15.0 Å². The van der Waals surface area contributed by atoms with Crippen LogP contribution in [0.2, 0.25) is 0 Å². The van der Waals surface area contributed by atoms with Crippen LogP contribution in [0.4, 0.5) is 4.39 Å². The number of benzene rings is 2. The molecule has 10 heteroatoms. The van der Waals surface area contributed by atoms with Crippen molar-refractivity contribution in [3.8, 4) is 28.6 Å². The highest BCUT2D eigenvalue weighted by Crippen LogP contribution is 2.31. The lowest BCUT2D eigenvalue weighted by Crippen LogP contribution is -2.16. The lowest BCUT2D eigenvalue weighted by atomic mass is 10.2. The fourth-order valence-electron chi connectivity index (χ4n) is 2.98. The van der Waals surface area contributed by atoms with Crippen LogP contribution in [0.15, 0.2) is 47.3 Å². The molecule has 0 atom stereocenters. The Morgan fingerprint density at radius 3 is 2.66 bits per heavy atom. The fourth-order valence-corrected chi connectivity index (χ4v) is 2.98. The second-order valence-corrected chi connectivity index (χ2v) is 6.06. The number of phenols is 1. The van der Waals surface area contributed by atoms with Crippen LogP contribution in [-0.4, -0.2) is 37.6 Å². The molecule has 0 aliphatic carbocycles. The first-order chi connectivity index (χ1) is 13.9. The second-order valence-electron chi connectivity index (χ2n) is 6.06. The number of aromatic amines is 1. The lowest BCUT2D eigenvalue weighted by molar-refractivity contribution is 0.0997. The first-order valence-corrected chi connectivity index (χ1v) is 8.35. The number of phenolic OH excluding ortho intramolecular Hbond substituents is 1. The minimum atomic E-state index is -0.904. The number of fused-ring (bicyclic) bond motifs is 1. The average Bonchev–Trinajstić information content (AvgIpc) is 3.03. The summed E-state index contributed by atoms with van der Waals surface area (Å²) in [6.45, 7) is 0.